The molecule has 0 spiro atoms. The third-order valence-corrected chi connectivity index (χ3v) is 2.84. The van der Waals surface area contributed by atoms with E-state index in [0.717, 1.165) is 12.6 Å². The molecular weight excluding hydrogens is 148 g/mol. The minimum Gasteiger partial charge on any atom is -0.376 e. The third kappa shape index (κ3) is 2.01. The Kier molecular flexibility index (Phi) is 3.15. The van der Waals surface area contributed by atoms with Crippen molar-refractivity contribution in [3.63, 3.8) is 0 Å². The number of rotatable bonds is 3. The Morgan fingerprint density at radius 1 is 1.58 bits per heavy atom. The molecule has 0 aliphatic carbocycles. The van der Waals surface area contributed by atoms with Crippen LogP contribution in [0.4, 0.5) is 0 Å². The zero-order valence-electron chi connectivity index (χ0n) is 8.45. The summed E-state index contributed by atoms with van der Waals surface area (Å²) in [6.45, 7) is 10.6. The highest BCUT2D eigenvalue weighted by atomic mass is 15.2. The van der Waals surface area contributed by atoms with Crippen LogP contribution in [0.2, 0.25) is 0 Å². The quantitative estimate of drug-likeness (QED) is 0.631. The molecule has 1 atom stereocenters. The summed E-state index contributed by atoms with van der Waals surface area (Å²) in [7, 11) is 2.21. The first-order chi connectivity index (χ1) is 5.65. The van der Waals surface area contributed by atoms with Crippen LogP contribution in [0, 0.1) is 0 Å². The molecule has 1 saturated heterocycles. The summed E-state index contributed by atoms with van der Waals surface area (Å²) in [5.41, 5.74) is 0. The molecule has 1 heterocycles. The number of nitrogens with zero attached hydrogens (tertiary/aromatic N) is 2. The predicted octanol–water partition coefficient (Wildman–Crippen LogP) is 1.54. The maximum atomic E-state index is 3.79. The zero-order valence-corrected chi connectivity index (χ0v) is 8.45. The van der Waals surface area contributed by atoms with Gasteiger partial charge in [0.2, 0.25) is 0 Å². The van der Waals surface area contributed by atoms with Crippen LogP contribution in [-0.2, 0) is 0 Å². The molecule has 12 heavy (non-hydrogen) atoms. The first-order valence-corrected chi connectivity index (χ1v) is 4.73. The van der Waals surface area contributed by atoms with Gasteiger partial charge in [-0.25, -0.2) is 0 Å². The molecule has 0 aromatic heterocycles. The molecule has 1 rings (SSSR count). The van der Waals surface area contributed by atoms with Gasteiger partial charge in [0.05, 0.1) is 0 Å². The van der Waals surface area contributed by atoms with E-state index in [1.807, 2.05) is 6.20 Å². The van der Waals surface area contributed by atoms with Crippen molar-refractivity contribution in [1.29, 1.82) is 0 Å². The van der Waals surface area contributed by atoms with E-state index in [4.69, 9.17) is 0 Å². The van der Waals surface area contributed by atoms with Crippen molar-refractivity contribution in [3.8, 4) is 0 Å². The Morgan fingerprint density at radius 3 is 2.67 bits per heavy atom. The molecule has 0 amide bonds. The van der Waals surface area contributed by atoms with E-state index in [2.05, 4.69) is 37.3 Å². The van der Waals surface area contributed by atoms with Crippen molar-refractivity contribution in [2.24, 2.45) is 0 Å². The molecule has 1 aliphatic heterocycles. The van der Waals surface area contributed by atoms with Crippen molar-refractivity contribution < 1.29 is 0 Å². The van der Waals surface area contributed by atoms with Gasteiger partial charge in [0.15, 0.2) is 0 Å². The van der Waals surface area contributed by atoms with Gasteiger partial charge in [0.1, 0.15) is 0 Å². The lowest BCUT2D eigenvalue weighted by Crippen LogP contribution is -2.38. The smallest absolute Gasteiger partial charge is 0.0329 e. The van der Waals surface area contributed by atoms with Crippen LogP contribution in [0.5, 0.6) is 0 Å². The second-order valence-corrected chi connectivity index (χ2v) is 3.88. The average molecular weight is 168 g/mol. The van der Waals surface area contributed by atoms with Crippen molar-refractivity contribution >= 4 is 0 Å². The van der Waals surface area contributed by atoms with Gasteiger partial charge < -0.3 is 4.90 Å². The lowest BCUT2D eigenvalue weighted by Gasteiger charge is -2.27. The second kappa shape index (κ2) is 3.94. The second-order valence-electron chi connectivity index (χ2n) is 3.88. The predicted molar refractivity (Wildman–Crippen MR) is 53.1 cm³/mol. The molecule has 1 aliphatic rings. The van der Waals surface area contributed by atoms with Crippen molar-refractivity contribution in [2.45, 2.75) is 32.4 Å². The van der Waals surface area contributed by atoms with E-state index in [1.54, 1.807) is 0 Å². The third-order valence-electron chi connectivity index (χ3n) is 2.84. The summed E-state index contributed by atoms with van der Waals surface area (Å²) >= 11 is 0. The van der Waals surface area contributed by atoms with E-state index in [-0.39, 0.29) is 0 Å². The largest absolute Gasteiger partial charge is 0.376 e. The highest BCUT2D eigenvalue weighted by Gasteiger charge is 2.24. The maximum absolute atomic E-state index is 3.79. The summed E-state index contributed by atoms with van der Waals surface area (Å²) in [6, 6.07) is 1.38. The first kappa shape index (κ1) is 9.59. The molecule has 0 aromatic rings. The SMILES string of the molecule is C=CN1CC[C@H](N(C)C(C)C)C1. The molecule has 1 fully saturated rings. The standard InChI is InChI=1S/C10H20N2/c1-5-12-7-6-10(8-12)11(4)9(2)3/h5,9-10H,1,6-8H2,2-4H3/t10-/m0/s1. The van der Waals surface area contributed by atoms with Gasteiger partial charge in [-0.2, -0.15) is 0 Å². The fraction of sp³-hybridized carbons (Fsp3) is 0.800. The molecule has 0 aromatic carbocycles. The molecule has 2 nitrogen and oxygen atoms in total. The highest BCUT2D eigenvalue weighted by molar-refractivity contribution is 4.87. The monoisotopic (exact) mass is 168 g/mol. The fourth-order valence-corrected chi connectivity index (χ4v) is 1.69. The van der Waals surface area contributed by atoms with Gasteiger partial charge in [-0.15, -0.1) is 0 Å². The summed E-state index contributed by atoms with van der Waals surface area (Å²) < 4.78 is 0. The lowest BCUT2D eigenvalue weighted by molar-refractivity contribution is 0.200. The number of hydrogen-bond acceptors (Lipinski definition) is 2. The highest BCUT2D eigenvalue weighted by Crippen LogP contribution is 2.15. The van der Waals surface area contributed by atoms with Gasteiger partial charge in [0, 0.05) is 25.2 Å². The molecule has 0 bridgehead atoms. The Bertz CT molecular complexity index is 154. The fourth-order valence-electron chi connectivity index (χ4n) is 1.69. The van der Waals surface area contributed by atoms with Gasteiger partial charge in [-0.3, -0.25) is 4.90 Å². The average Bonchev–Trinajstić information content (AvgIpc) is 2.50. The van der Waals surface area contributed by atoms with Crippen molar-refractivity contribution in [3.05, 3.63) is 12.8 Å². The topological polar surface area (TPSA) is 6.48 Å². The van der Waals surface area contributed by atoms with Crippen LogP contribution in [0.3, 0.4) is 0 Å². The van der Waals surface area contributed by atoms with Crippen LogP contribution in [0.25, 0.3) is 0 Å². The summed E-state index contributed by atoms with van der Waals surface area (Å²) in [4.78, 5) is 4.74. The number of hydrogen-bond donors (Lipinski definition) is 0. The van der Waals surface area contributed by atoms with Crippen molar-refractivity contribution in [1.82, 2.24) is 9.80 Å². The maximum Gasteiger partial charge on any atom is 0.0329 e. The van der Waals surface area contributed by atoms with Crippen LogP contribution >= 0.6 is 0 Å². The Hall–Kier alpha value is -0.500. The van der Waals surface area contributed by atoms with E-state index in [0.29, 0.717) is 6.04 Å². The van der Waals surface area contributed by atoms with Crippen LogP contribution in [0.1, 0.15) is 20.3 Å². The summed E-state index contributed by atoms with van der Waals surface area (Å²) in [6.07, 6.45) is 3.23. The molecule has 0 N–H and O–H groups in total. The molecule has 2 heteroatoms. The van der Waals surface area contributed by atoms with E-state index in [1.165, 1.54) is 13.0 Å². The number of likely N-dealkylation sites (N-methyl/N-ethyl adjacent to an activating group) is 1. The van der Waals surface area contributed by atoms with Gasteiger partial charge >= 0.3 is 0 Å². The Labute approximate surface area is 75.8 Å². The normalized spacial score (nSPS) is 24.1. The summed E-state index contributed by atoms with van der Waals surface area (Å²) in [5.74, 6) is 0. The first-order valence-electron chi connectivity index (χ1n) is 4.73. The van der Waals surface area contributed by atoms with E-state index >= 15 is 0 Å². The molecule has 0 radical (unpaired) electrons. The van der Waals surface area contributed by atoms with E-state index < -0.39 is 0 Å². The summed E-state index contributed by atoms with van der Waals surface area (Å²) in [5, 5.41) is 0. The van der Waals surface area contributed by atoms with Crippen LogP contribution in [0.15, 0.2) is 12.8 Å². The van der Waals surface area contributed by atoms with E-state index in [9.17, 15) is 0 Å². The van der Waals surface area contributed by atoms with Gasteiger partial charge in [-0.1, -0.05) is 6.58 Å². The molecule has 0 saturated carbocycles. The van der Waals surface area contributed by atoms with Gasteiger partial charge in [0.25, 0.3) is 0 Å². The van der Waals surface area contributed by atoms with Crippen molar-refractivity contribution in [2.75, 3.05) is 20.1 Å². The van der Waals surface area contributed by atoms with Crippen LogP contribution in [-0.4, -0.2) is 42.0 Å². The minimum atomic E-state index is 0.653. The Balaban J connectivity index is 2.40. The van der Waals surface area contributed by atoms with Crippen LogP contribution < -0.4 is 0 Å². The zero-order chi connectivity index (χ0) is 9.14. The van der Waals surface area contributed by atoms with Gasteiger partial charge in [-0.05, 0) is 33.5 Å². The lowest BCUT2D eigenvalue weighted by atomic mass is 10.2. The Morgan fingerprint density at radius 2 is 2.25 bits per heavy atom. The molecule has 0 unspecified atom stereocenters. The number of likely N-dealkylation sites (tertiary alicyclic amines) is 1. The molecule has 70 valence electrons. The minimum absolute atomic E-state index is 0.653. The molecular formula is C10H20N2.